The largest absolute Gasteiger partial charge is 0.391 e. The van der Waals surface area contributed by atoms with Crippen LogP contribution in [0, 0.1) is 0 Å². The molecular weight excluding hydrogens is 1040 g/mol. The number of benzene rings is 3. The van der Waals surface area contributed by atoms with Gasteiger partial charge < -0.3 is 74.2 Å². The number of unbranched alkanes of at least 4 members (excludes halogenated alkanes) is 1. The third kappa shape index (κ3) is 17.5. The van der Waals surface area contributed by atoms with Crippen LogP contribution < -0.4 is 54.0 Å². The fourth-order valence-electron chi connectivity index (χ4n) is 8.61. The maximum atomic E-state index is 14.7. The zero-order valence-corrected chi connectivity index (χ0v) is 45.2. The molecule has 25 heteroatoms. The molecule has 0 aliphatic carbocycles. The number of rotatable bonds is 30. The average Bonchev–Trinajstić information content (AvgIpc) is 4.04. The van der Waals surface area contributed by atoms with E-state index in [1.807, 2.05) is 42.5 Å². The second-order valence-corrected chi connectivity index (χ2v) is 19.6. The van der Waals surface area contributed by atoms with Crippen LogP contribution in [0.1, 0.15) is 56.7 Å². The monoisotopic (exact) mass is 1110 g/mol. The Bertz CT molecular complexity index is 2880. The number of nitrogens with two attached hydrogens (primary N) is 2. The number of aliphatic hydroxyl groups excluding tert-OH is 2. The number of hydrogen-bond acceptors (Lipinski definition) is 14. The van der Waals surface area contributed by atoms with E-state index >= 15 is 0 Å². The first-order valence-electron chi connectivity index (χ1n) is 25.4. The summed E-state index contributed by atoms with van der Waals surface area (Å²) in [6.07, 6.45) is 0.983. The smallest absolute Gasteiger partial charge is 0.245 e. The summed E-state index contributed by atoms with van der Waals surface area (Å²) in [5, 5.41) is 42.9. The van der Waals surface area contributed by atoms with Crippen LogP contribution in [-0.2, 0) is 62.4 Å². The number of primary amides is 1. The molecule has 10 atom stereocenters. The van der Waals surface area contributed by atoms with Crippen LogP contribution in [0.25, 0.3) is 21.8 Å². The van der Waals surface area contributed by atoms with E-state index in [0.717, 1.165) is 27.4 Å². The van der Waals surface area contributed by atoms with Gasteiger partial charge in [-0.25, -0.2) is 0 Å². The Morgan fingerprint density at radius 2 is 0.897 bits per heavy atom. The summed E-state index contributed by atoms with van der Waals surface area (Å²) >= 11 is 8.50. The van der Waals surface area contributed by atoms with E-state index < -0.39 is 114 Å². The molecule has 0 aliphatic rings. The number of thiol groups is 2. The van der Waals surface area contributed by atoms with Gasteiger partial charge in [0, 0.05) is 71.9 Å². The maximum Gasteiger partial charge on any atom is 0.245 e. The topological polar surface area (TPSA) is 374 Å². The molecule has 0 saturated heterocycles. The van der Waals surface area contributed by atoms with E-state index in [1.54, 1.807) is 48.8 Å². The zero-order chi connectivity index (χ0) is 57.1. The predicted octanol–water partition coefficient (Wildman–Crippen LogP) is -1.19. The lowest BCUT2D eigenvalue weighted by Gasteiger charge is -2.28. The van der Waals surface area contributed by atoms with Gasteiger partial charge in [0.15, 0.2) is 0 Å². The van der Waals surface area contributed by atoms with Gasteiger partial charge in [-0.3, -0.25) is 43.2 Å². The molecule has 420 valence electrons. The van der Waals surface area contributed by atoms with Gasteiger partial charge in [0.25, 0.3) is 0 Å². The van der Waals surface area contributed by atoms with E-state index in [9.17, 15) is 53.4 Å². The number of H-pyrrole nitrogens is 2. The quantitative estimate of drug-likeness (QED) is 0.0191. The van der Waals surface area contributed by atoms with Crippen molar-refractivity contribution in [2.75, 3.05) is 18.1 Å². The van der Waals surface area contributed by atoms with Crippen LogP contribution in [0.5, 0.6) is 0 Å². The Hall–Kier alpha value is -7.45. The van der Waals surface area contributed by atoms with Crippen molar-refractivity contribution < 1.29 is 53.4 Å². The molecule has 0 radical (unpaired) electrons. The lowest BCUT2D eigenvalue weighted by atomic mass is 10.0. The number of amides is 9. The molecule has 0 saturated carbocycles. The fourth-order valence-corrected chi connectivity index (χ4v) is 9.12. The Labute approximate surface area is 461 Å². The molecular formula is C53H70N12O11S2. The lowest BCUT2D eigenvalue weighted by Crippen LogP contribution is -2.62. The number of aliphatic hydroxyl groups is 2. The Morgan fingerprint density at radius 1 is 0.500 bits per heavy atom. The van der Waals surface area contributed by atoms with Gasteiger partial charge in [0.2, 0.25) is 53.2 Å². The third-order valence-electron chi connectivity index (χ3n) is 12.8. The van der Waals surface area contributed by atoms with Gasteiger partial charge >= 0.3 is 0 Å². The minimum atomic E-state index is -1.71. The van der Waals surface area contributed by atoms with E-state index in [1.165, 1.54) is 20.8 Å². The third-order valence-corrected chi connectivity index (χ3v) is 13.5. The zero-order valence-electron chi connectivity index (χ0n) is 43.4. The van der Waals surface area contributed by atoms with E-state index in [4.69, 9.17) is 11.5 Å². The first kappa shape index (κ1) is 61.4. The molecule has 5 rings (SSSR count). The van der Waals surface area contributed by atoms with Crippen molar-refractivity contribution in [1.29, 1.82) is 0 Å². The SMILES string of the molecule is CC(=O)N[C@@H](Cc1c[nH]c2ccccc12)C(=O)N[C@@H](CS)C(=O)N[C@@H](Cc1ccccc1)C(=O)N[C@H](Cc1c[nH]c2ccccc12)C(=O)N[C@@H](CCCCN)C(=O)N[C@H](C(=O)N[C@@H](CS)C(=O)N[C@H](C(N)=O)[C@@H](C)O)[C@@H](C)O. The summed E-state index contributed by atoms with van der Waals surface area (Å²) in [6.45, 7) is 3.92. The minimum absolute atomic E-state index is 0.0275. The Balaban J connectivity index is 1.40. The molecule has 0 fully saturated rings. The molecule has 2 aromatic heterocycles. The van der Waals surface area contributed by atoms with E-state index in [2.05, 4.69) is 77.8 Å². The summed E-state index contributed by atoms with van der Waals surface area (Å²) in [6, 6.07) is 12.1. The van der Waals surface area contributed by atoms with Gasteiger partial charge in [0.05, 0.1) is 12.2 Å². The predicted molar refractivity (Wildman–Crippen MR) is 298 cm³/mol. The van der Waals surface area contributed by atoms with Gasteiger partial charge in [-0.05, 0) is 68.5 Å². The maximum absolute atomic E-state index is 14.7. The number of nitrogens with one attached hydrogen (secondary N) is 10. The summed E-state index contributed by atoms with van der Waals surface area (Å²) in [5.74, 6) is -8.14. The van der Waals surface area contributed by atoms with Crippen LogP contribution in [-0.4, -0.2) is 152 Å². The van der Waals surface area contributed by atoms with Crippen molar-refractivity contribution in [3.05, 3.63) is 108 Å². The first-order chi connectivity index (χ1) is 37.2. The van der Waals surface area contributed by atoms with Crippen molar-refractivity contribution in [3.63, 3.8) is 0 Å². The van der Waals surface area contributed by atoms with Gasteiger partial charge in [-0.1, -0.05) is 66.7 Å². The van der Waals surface area contributed by atoms with Crippen molar-refractivity contribution in [2.24, 2.45) is 11.5 Å². The molecule has 0 unspecified atom stereocenters. The second-order valence-electron chi connectivity index (χ2n) is 18.9. The highest BCUT2D eigenvalue weighted by molar-refractivity contribution is 7.80. The van der Waals surface area contributed by atoms with E-state index in [-0.39, 0.29) is 43.7 Å². The fraction of sp³-hybridized carbons (Fsp3) is 0.415. The number of hydrogen-bond donors (Lipinski definition) is 16. The molecule has 3 aromatic carbocycles. The number of carbonyl (C=O) groups is 9. The molecule has 0 spiro atoms. The lowest BCUT2D eigenvalue weighted by molar-refractivity contribution is -0.137. The average molecular weight is 1120 g/mol. The van der Waals surface area contributed by atoms with Crippen molar-refractivity contribution in [3.8, 4) is 0 Å². The molecule has 0 aliphatic heterocycles. The summed E-state index contributed by atoms with van der Waals surface area (Å²) in [7, 11) is 0. The van der Waals surface area contributed by atoms with Crippen molar-refractivity contribution >= 4 is 100 Å². The molecule has 0 bridgehead atoms. The molecule has 2 heterocycles. The van der Waals surface area contributed by atoms with Crippen LogP contribution in [0.15, 0.2) is 91.3 Å². The number of aromatic nitrogens is 2. The summed E-state index contributed by atoms with van der Waals surface area (Å²) in [5.41, 5.74) is 14.6. The van der Waals surface area contributed by atoms with Crippen molar-refractivity contribution in [1.82, 2.24) is 52.5 Å². The number of aromatic amines is 2. The summed E-state index contributed by atoms with van der Waals surface area (Å²) in [4.78, 5) is 129. The normalized spacial score (nSPS) is 15.1. The van der Waals surface area contributed by atoms with E-state index in [0.29, 0.717) is 24.0 Å². The Kier molecular flexibility index (Phi) is 23.5. The van der Waals surface area contributed by atoms with Crippen LogP contribution in [0.3, 0.4) is 0 Å². The van der Waals surface area contributed by atoms with Gasteiger partial charge in [-0.15, -0.1) is 0 Å². The molecule has 23 nitrogen and oxygen atoms in total. The van der Waals surface area contributed by atoms with Crippen LogP contribution in [0.2, 0.25) is 0 Å². The highest BCUT2D eigenvalue weighted by Crippen LogP contribution is 2.21. The van der Waals surface area contributed by atoms with Crippen LogP contribution >= 0.6 is 25.3 Å². The molecule has 16 N–H and O–H groups in total. The Morgan fingerprint density at radius 3 is 1.37 bits per heavy atom. The first-order valence-corrected chi connectivity index (χ1v) is 26.6. The summed E-state index contributed by atoms with van der Waals surface area (Å²) < 4.78 is 0. The molecule has 5 aromatic rings. The highest BCUT2D eigenvalue weighted by Gasteiger charge is 2.36. The number of para-hydroxylation sites is 2. The van der Waals surface area contributed by atoms with Gasteiger partial charge in [-0.2, -0.15) is 25.3 Å². The van der Waals surface area contributed by atoms with Crippen LogP contribution in [0.4, 0.5) is 0 Å². The molecule has 9 amide bonds. The molecule has 78 heavy (non-hydrogen) atoms. The van der Waals surface area contributed by atoms with Crippen molar-refractivity contribution in [2.45, 2.75) is 120 Å². The standard InChI is InChI=1S/C53H70N12O11S2/c1-28(66)44(46(55)69)64-52(75)43(27-78)63-53(76)45(29(2)67)65-47(70)38(19-11-12-20-54)59-50(73)41(23-33-25-57-37-18-10-8-16-35(33)37)61-48(71)39(21-31-13-5-4-6-14-31)60-51(74)42(26-77)62-49(72)40(58-30(3)68)22-32-24-56-36-17-9-7-15-34(32)36/h4-10,13-18,24-25,28-29,38-45,56-57,66-67,77-78H,11-12,19-23,26-27,54H2,1-3H3,(H2,55,69)(H,58,68)(H,59,73)(H,60,74)(H,61,71)(H,62,72)(H,63,76)(H,64,75)(H,65,70)/t28-,29-,38+,39+,40+,41-,42+,43+,44+,45+/m1/s1. The second kappa shape index (κ2) is 29.9. The number of carbonyl (C=O) groups excluding carboxylic acids is 9. The van der Waals surface area contributed by atoms with Gasteiger partial charge in [0.1, 0.15) is 48.3 Å². The number of fused-ring (bicyclic) bond motifs is 2. The highest BCUT2D eigenvalue weighted by atomic mass is 32.1. The minimum Gasteiger partial charge on any atom is -0.391 e.